The Morgan fingerprint density at radius 3 is 2.50 bits per heavy atom. The Morgan fingerprint density at radius 1 is 1.15 bits per heavy atom. The van der Waals surface area contributed by atoms with Crippen LogP contribution in [0, 0.1) is 6.92 Å². The molecule has 0 saturated carbocycles. The predicted octanol–water partition coefficient (Wildman–Crippen LogP) is 2.73. The Labute approximate surface area is 154 Å². The molecule has 0 spiro atoms. The fraction of sp³-hybridized carbons (Fsp3) is 0.400. The van der Waals surface area contributed by atoms with Crippen molar-refractivity contribution in [3.63, 3.8) is 0 Å². The molecule has 1 atom stereocenters. The summed E-state index contributed by atoms with van der Waals surface area (Å²) in [4.78, 5) is 34.9. The van der Waals surface area contributed by atoms with Crippen molar-refractivity contribution in [1.82, 2.24) is 20.2 Å². The second-order valence-electron chi connectivity index (χ2n) is 6.38. The van der Waals surface area contributed by atoms with Crippen molar-refractivity contribution in [1.29, 1.82) is 0 Å². The molecule has 26 heavy (non-hydrogen) atoms. The molecule has 0 bridgehead atoms. The van der Waals surface area contributed by atoms with Gasteiger partial charge in [-0.25, -0.2) is 4.98 Å². The van der Waals surface area contributed by atoms with Gasteiger partial charge in [-0.15, -0.1) is 0 Å². The summed E-state index contributed by atoms with van der Waals surface area (Å²) >= 11 is 0. The highest BCUT2D eigenvalue weighted by molar-refractivity contribution is 5.92. The van der Waals surface area contributed by atoms with Gasteiger partial charge >= 0.3 is 0 Å². The molecule has 1 heterocycles. The number of hydrogen-bond acceptors (Lipinski definition) is 4. The second kappa shape index (κ2) is 9.65. The first-order valence-corrected chi connectivity index (χ1v) is 8.90. The number of nitrogens with one attached hydrogen (secondary N) is 1. The zero-order valence-corrected chi connectivity index (χ0v) is 15.6. The van der Waals surface area contributed by atoms with Crippen molar-refractivity contribution in [3.8, 4) is 0 Å². The van der Waals surface area contributed by atoms with Crippen molar-refractivity contribution >= 4 is 11.8 Å². The molecule has 2 rings (SSSR count). The minimum atomic E-state index is -0.224. The molecule has 6 nitrogen and oxygen atoms in total. The summed E-state index contributed by atoms with van der Waals surface area (Å²) in [6, 6.07) is 9.84. The number of nitrogens with zero attached hydrogens (tertiary/aromatic N) is 3. The number of aryl methyl sites for hydroxylation is 1. The van der Waals surface area contributed by atoms with Crippen LogP contribution in [0.1, 0.15) is 48.4 Å². The van der Waals surface area contributed by atoms with Crippen molar-refractivity contribution in [2.45, 2.75) is 46.2 Å². The molecule has 0 aliphatic carbocycles. The minimum Gasteiger partial charge on any atom is -0.354 e. The molecule has 6 heteroatoms. The molecule has 0 saturated heterocycles. The standard InChI is InChI=1S/C20H26N4O2/c1-4-15(2)23-19(25)10-11-24(14-17-8-6-5-7-9-17)20(26)18-13-21-16(3)12-22-18/h5-9,12-13,15H,4,10-11,14H2,1-3H3,(H,23,25)/t15-/m1/s1. The minimum absolute atomic E-state index is 0.0554. The van der Waals surface area contributed by atoms with Gasteiger partial charge in [-0.2, -0.15) is 0 Å². The molecule has 1 aromatic carbocycles. The first kappa shape index (κ1) is 19.6. The average Bonchev–Trinajstić information content (AvgIpc) is 2.65. The second-order valence-corrected chi connectivity index (χ2v) is 6.38. The number of benzene rings is 1. The molecular formula is C20H26N4O2. The molecule has 2 amide bonds. The van der Waals surface area contributed by atoms with Gasteiger partial charge in [0.25, 0.3) is 5.91 Å². The summed E-state index contributed by atoms with van der Waals surface area (Å²) < 4.78 is 0. The lowest BCUT2D eigenvalue weighted by molar-refractivity contribution is -0.121. The van der Waals surface area contributed by atoms with Gasteiger partial charge in [-0.1, -0.05) is 37.3 Å². The van der Waals surface area contributed by atoms with Gasteiger partial charge in [0.15, 0.2) is 0 Å². The van der Waals surface area contributed by atoms with Crippen LogP contribution < -0.4 is 5.32 Å². The molecule has 0 radical (unpaired) electrons. The Morgan fingerprint density at radius 2 is 1.88 bits per heavy atom. The van der Waals surface area contributed by atoms with Crippen LogP contribution in [0.15, 0.2) is 42.7 Å². The number of carbonyl (C=O) groups excluding carboxylic acids is 2. The van der Waals surface area contributed by atoms with E-state index in [1.807, 2.05) is 51.1 Å². The van der Waals surface area contributed by atoms with Gasteiger partial charge in [-0.3, -0.25) is 14.6 Å². The monoisotopic (exact) mass is 354 g/mol. The summed E-state index contributed by atoms with van der Waals surface area (Å²) in [5.41, 5.74) is 2.04. The van der Waals surface area contributed by atoms with E-state index >= 15 is 0 Å². The lowest BCUT2D eigenvalue weighted by Gasteiger charge is -2.23. The van der Waals surface area contributed by atoms with Crippen LogP contribution in [0.25, 0.3) is 0 Å². The predicted molar refractivity (Wildman–Crippen MR) is 100 cm³/mol. The molecule has 1 aromatic heterocycles. The highest BCUT2D eigenvalue weighted by Crippen LogP contribution is 2.09. The van der Waals surface area contributed by atoms with Gasteiger partial charge in [0.05, 0.1) is 11.9 Å². The SMILES string of the molecule is CC[C@@H](C)NC(=O)CCN(Cc1ccccc1)C(=O)c1cnc(C)cn1. The van der Waals surface area contributed by atoms with E-state index in [0.29, 0.717) is 13.1 Å². The number of hydrogen-bond donors (Lipinski definition) is 1. The largest absolute Gasteiger partial charge is 0.354 e. The van der Waals surface area contributed by atoms with E-state index in [4.69, 9.17) is 0 Å². The van der Waals surface area contributed by atoms with E-state index in [2.05, 4.69) is 15.3 Å². The first-order chi connectivity index (χ1) is 12.5. The zero-order chi connectivity index (χ0) is 18.9. The molecule has 138 valence electrons. The normalized spacial score (nSPS) is 11.7. The number of amides is 2. The number of rotatable bonds is 8. The summed E-state index contributed by atoms with van der Waals surface area (Å²) in [5.74, 6) is -0.280. The maximum absolute atomic E-state index is 12.8. The summed E-state index contributed by atoms with van der Waals surface area (Å²) in [5, 5.41) is 2.93. The van der Waals surface area contributed by atoms with E-state index in [1.165, 1.54) is 6.20 Å². The van der Waals surface area contributed by atoms with E-state index in [1.54, 1.807) is 11.1 Å². The Balaban J connectivity index is 2.09. The first-order valence-electron chi connectivity index (χ1n) is 8.90. The van der Waals surface area contributed by atoms with E-state index in [0.717, 1.165) is 17.7 Å². The highest BCUT2D eigenvalue weighted by atomic mass is 16.2. The average molecular weight is 354 g/mol. The van der Waals surface area contributed by atoms with E-state index in [9.17, 15) is 9.59 Å². The quantitative estimate of drug-likeness (QED) is 0.791. The van der Waals surface area contributed by atoms with Crippen LogP contribution in [-0.2, 0) is 11.3 Å². The van der Waals surface area contributed by atoms with Crippen molar-refractivity contribution in [2.24, 2.45) is 0 Å². The Kier molecular flexibility index (Phi) is 7.26. The third kappa shape index (κ3) is 5.95. The van der Waals surface area contributed by atoms with Crippen LogP contribution in [0.4, 0.5) is 0 Å². The third-order valence-corrected chi connectivity index (χ3v) is 4.13. The fourth-order valence-corrected chi connectivity index (χ4v) is 2.41. The van der Waals surface area contributed by atoms with Gasteiger partial charge < -0.3 is 10.2 Å². The van der Waals surface area contributed by atoms with Crippen LogP contribution in [0.2, 0.25) is 0 Å². The van der Waals surface area contributed by atoms with E-state index < -0.39 is 0 Å². The smallest absolute Gasteiger partial charge is 0.274 e. The molecule has 0 aliphatic rings. The molecule has 0 aliphatic heterocycles. The Hall–Kier alpha value is -2.76. The molecule has 1 N–H and O–H groups in total. The van der Waals surface area contributed by atoms with Crippen LogP contribution in [-0.4, -0.2) is 39.3 Å². The number of aromatic nitrogens is 2. The lowest BCUT2D eigenvalue weighted by Crippen LogP contribution is -2.37. The van der Waals surface area contributed by atoms with Crippen LogP contribution in [0.3, 0.4) is 0 Å². The van der Waals surface area contributed by atoms with Crippen molar-refractivity contribution < 1.29 is 9.59 Å². The third-order valence-electron chi connectivity index (χ3n) is 4.13. The molecule has 0 fully saturated rings. The topological polar surface area (TPSA) is 75.2 Å². The maximum Gasteiger partial charge on any atom is 0.274 e. The van der Waals surface area contributed by atoms with Crippen LogP contribution in [0.5, 0.6) is 0 Å². The van der Waals surface area contributed by atoms with Crippen LogP contribution >= 0.6 is 0 Å². The maximum atomic E-state index is 12.8. The fourth-order valence-electron chi connectivity index (χ4n) is 2.41. The summed E-state index contributed by atoms with van der Waals surface area (Å²) in [7, 11) is 0. The summed E-state index contributed by atoms with van der Waals surface area (Å²) in [6.07, 6.45) is 4.18. The molecule has 0 unspecified atom stereocenters. The van der Waals surface area contributed by atoms with Gasteiger partial charge in [0.1, 0.15) is 5.69 Å². The van der Waals surface area contributed by atoms with Crippen molar-refractivity contribution in [2.75, 3.05) is 6.54 Å². The van der Waals surface area contributed by atoms with E-state index in [-0.39, 0.29) is 30.0 Å². The molecular weight excluding hydrogens is 328 g/mol. The van der Waals surface area contributed by atoms with Gasteiger partial charge in [0.2, 0.25) is 5.91 Å². The number of carbonyl (C=O) groups is 2. The zero-order valence-electron chi connectivity index (χ0n) is 15.6. The van der Waals surface area contributed by atoms with Gasteiger partial charge in [-0.05, 0) is 25.8 Å². The van der Waals surface area contributed by atoms with Gasteiger partial charge in [0, 0.05) is 31.7 Å². The summed E-state index contributed by atoms with van der Waals surface area (Å²) in [6.45, 7) is 6.55. The highest BCUT2D eigenvalue weighted by Gasteiger charge is 2.19. The lowest BCUT2D eigenvalue weighted by atomic mass is 10.2. The Bertz CT molecular complexity index is 716. The molecule has 2 aromatic rings. The van der Waals surface area contributed by atoms with Crippen molar-refractivity contribution in [3.05, 3.63) is 59.7 Å².